The standard InChI is InChI=1S/C11H15NO2.C6H12O/c13-8-12-10-6-11(10)14-7-9-4-2-1-3-5-9;7-6-4-2-1-3-5-6/h2,4-5,8,10-11H,1,3,6-7H2,(H,12,13);6-7H,1-5H2. The molecule has 0 aromatic rings. The number of rotatable bonds is 5. The molecular formula is C17H27NO3. The first-order valence-electron chi connectivity index (χ1n) is 8.14. The van der Waals surface area contributed by atoms with E-state index >= 15 is 0 Å². The highest BCUT2D eigenvalue weighted by Gasteiger charge is 2.37. The SMILES string of the molecule is O=CNC1CC1OCC1=CCCC=C1.OC1CCCCC1. The van der Waals surface area contributed by atoms with Gasteiger partial charge in [-0.05, 0) is 37.7 Å². The number of carbonyl (C=O) groups is 1. The highest BCUT2D eigenvalue weighted by molar-refractivity contribution is 5.48. The number of allylic oxidation sites excluding steroid dienone is 2. The fourth-order valence-corrected chi connectivity index (χ4v) is 2.68. The van der Waals surface area contributed by atoms with Gasteiger partial charge in [-0.1, -0.05) is 37.5 Å². The normalized spacial score (nSPS) is 28.1. The van der Waals surface area contributed by atoms with Crippen LogP contribution in [0.1, 0.15) is 51.4 Å². The van der Waals surface area contributed by atoms with Crippen LogP contribution in [-0.4, -0.2) is 36.4 Å². The molecule has 2 saturated carbocycles. The minimum absolute atomic E-state index is 0.0359. The van der Waals surface area contributed by atoms with E-state index in [1.165, 1.54) is 24.8 Å². The Hall–Kier alpha value is -1.13. The summed E-state index contributed by atoms with van der Waals surface area (Å²) in [4.78, 5) is 10.1. The van der Waals surface area contributed by atoms with Gasteiger partial charge in [0.05, 0.1) is 24.9 Å². The summed E-state index contributed by atoms with van der Waals surface area (Å²) in [6.07, 6.45) is 16.6. The summed E-state index contributed by atoms with van der Waals surface area (Å²) in [6.45, 7) is 0.679. The van der Waals surface area contributed by atoms with Crippen LogP contribution in [0.5, 0.6) is 0 Å². The maximum Gasteiger partial charge on any atom is 0.207 e. The first-order chi connectivity index (χ1) is 10.3. The van der Waals surface area contributed by atoms with Crippen molar-refractivity contribution in [1.29, 1.82) is 0 Å². The Labute approximate surface area is 127 Å². The van der Waals surface area contributed by atoms with E-state index in [1.54, 1.807) is 0 Å². The number of hydrogen-bond acceptors (Lipinski definition) is 3. The summed E-state index contributed by atoms with van der Waals surface area (Å²) in [5, 5.41) is 11.6. The van der Waals surface area contributed by atoms with Gasteiger partial charge in [-0.15, -0.1) is 0 Å². The molecule has 21 heavy (non-hydrogen) atoms. The van der Waals surface area contributed by atoms with Crippen LogP contribution in [-0.2, 0) is 9.53 Å². The van der Waals surface area contributed by atoms with Crippen molar-refractivity contribution in [1.82, 2.24) is 5.32 Å². The first-order valence-corrected chi connectivity index (χ1v) is 8.14. The molecule has 3 aliphatic rings. The molecule has 2 N–H and O–H groups in total. The molecule has 1 amide bonds. The average molecular weight is 293 g/mol. The number of amides is 1. The van der Waals surface area contributed by atoms with E-state index in [9.17, 15) is 4.79 Å². The quantitative estimate of drug-likeness (QED) is 0.766. The summed E-state index contributed by atoms with van der Waals surface area (Å²) in [7, 11) is 0. The third kappa shape index (κ3) is 6.44. The van der Waals surface area contributed by atoms with E-state index in [2.05, 4.69) is 23.5 Å². The monoisotopic (exact) mass is 293 g/mol. The molecule has 118 valence electrons. The third-order valence-corrected chi connectivity index (χ3v) is 4.12. The lowest BCUT2D eigenvalue weighted by Gasteiger charge is -2.14. The van der Waals surface area contributed by atoms with Gasteiger partial charge in [0.15, 0.2) is 0 Å². The molecule has 4 heteroatoms. The van der Waals surface area contributed by atoms with Crippen LogP contribution in [0, 0.1) is 0 Å². The van der Waals surface area contributed by atoms with Crippen LogP contribution >= 0.6 is 0 Å². The number of hydrogen-bond donors (Lipinski definition) is 2. The lowest BCUT2D eigenvalue weighted by molar-refractivity contribution is -0.109. The topological polar surface area (TPSA) is 58.6 Å². The fraction of sp³-hybridized carbons (Fsp3) is 0.706. The largest absolute Gasteiger partial charge is 0.393 e. The maximum atomic E-state index is 10.1. The molecule has 4 nitrogen and oxygen atoms in total. The van der Waals surface area contributed by atoms with Gasteiger partial charge in [0.1, 0.15) is 0 Å². The first kappa shape index (κ1) is 16.2. The van der Waals surface area contributed by atoms with Gasteiger partial charge in [-0.3, -0.25) is 4.79 Å². The van der Waals surface area contributed by atoms with Crippen molar-refractivity contribution in [3.8, 4) is 0 Å². The summed E-state index contributed by atoms with van der Waals surface area (Å²) in [6, 6.07) is 0.251. The third-order valence-electron chi connectivity index (χ3n) is 4.12. The molecule has 0 spiro atoms. The van der Waals surface area contributed by atoms with Crippen LogP contribution in [0.25, 0.3) is 0 Å². The zero-order valence-electron chi connectivity index (χ0n) is 12.7. The van der Waals surface area contributed by atoms with Gasteiger partial charge in [-0.2, -0.15) is 0 Å². The van der Waals surface area contributed by atoms with Gasteiger partial charge >= 0.3 is 0 Å². The van der Waals surface area contributed by atoms with Crippen molar-refractivity contribution < 1.29 is 14.6 Å². The zero-order valence-corrected chi connectivity index (χ0v) is 12.7. The van der Waals surface area contributed by atoms with Crippen LogP contribution in [0.15, 0.2) is 23.8 Å². The van der Waals surface area contributed by atoms with E-state index in [4.69, 9.17) is 9.84 Å². The Morgan fingerprint density at radius 2 is 2.10 bits per heavy atom. The predicted molar refractivity (Wildman–Crippen MR) is 82.9 cm³/mol. The lowest BCUT2D eigenvalue weighted by Crippen LogP contribution is -2.18. The number of ether oxygens (including phenoxy) is 1. The Bertz CT molecular complexity index is 372. The molecule has 0 aliphatic heterocycles. The van der Waals surface area contributed by atoms with E-state index in [1.807, 2.05) is 0 Å². The minimum Gasteiger partial charge on any atom is -0.393 e. The smallest absolute Gasteiger partial charge is 0.207 e. The van der Waals surface area contributed by atoms with E-state index in [0.29, 0.717) is 6.61 Å². The van der Waals surface area contributed by atoms with Crippen LogP contribution in [0.3, 0.4) is 0 Å². The van der Waals surface area contributed by atoms with Crippen LogP contribution < -0.4 is 5.32 Å². The number of nitrogens with one attached hydrogen (secondary N) is 1. The molecule has 0 aromatic carbocycles. The molecule has 0 radical (unpaired) electrons. The van der Waals surface area contributed by atoms with Gasteiger partial charge < -0.3 is 15.2 Å². The molecule has 0 heterocycles. The van der Waals surface area contributed by atoms with E-state index < -0.39 is 0 Å². The molecule has 3 rings (SSSR count). The van der Waals surface area contributed by atoms with Crippen molar-refractivity contribution in [3.05, 3.63) is 23.8 Å². The molecule has 0 bridgehead atoms. The summed E-state index contributed by atoms with van der Waals surface area (Å²) >= 11 is 0. The zero-order chi connectivity index (χ0) is 14.9. The highest BCUT2D eigenvalue weighted by atomic mass is 16.5. The van der Waals surface area contributed by atoms with E-state index in [-0.39, 0.29) is 18.2 Å². The highest BCUT2D eigenvalue weighted by Crippen LogP contribution is 2.25. The predicted octanol–water partition coefficient (Wildman–Crippen LogP) is 2.48. The molecule has 2 fully saturated rings. The van der Waals surface area contributed by atoms with Crippen LogP contribution in [0.2, 0.25) is 0 Å². The van der Waals surface area contributed by atoms with Gasteiger partial charge in [0.25, 0.3) is 0 Å². The summed E-state index contributed by atoms with van der Waals surface area (Å²) in [5.74, 6) is 0. The maximum absolute atomic E-state index is 10.1. The Kier molecular flexibility index (Phi) is 6.96. The number of aliphatic hydroxyl groups excluding tert-OH is 1. The Balaban J connectivity index is 0.000000194. The van der Waals surface area contributed by atoms with Crippen molar-refractivity contribution in [2.75, 3.05) is 6.61 Å². The van der Waals surface area contributed by atoms with Crippen LogP contribution in [0.4, 0.5) is 0 Å². The molecule has 2 unspecified atom stereocenters. The second-order valence-corrected chi connectivity index (χ2v) is 6.03. The van der Waals surface area contributed by atoms with Gasteiger partial charge in [0, 0.05) is 0 Å². The van der Waals surface area contributed by atoms with Crippen molar-refractivity contribution >= 4 is 6.41 Å². The molecule has 0 aromatic heterocycles. The van der Waals surface area contributed by atoms with Gasteiger partial charge in [-0.25, -0.2) is 0 Å². The van der Waals surface area contributed by atoms with Gasteiger partial charge in [0.2, 0.25) is 6.41 Å². The number of aliphatic hydroxyl groups is 1. The fourth-order valence-electron chi connectivity index (χ4n) is 2.68. The second-order valence-electron chi connectivity index (χ2n) is 6.03. The van der Waals surface area contributed by atoms with Crippen molar-refractivity contribution in [2.24, 2.45) is 0 Å². The molecule has 2 atom stereocenters. The molecular weight excluding hydrogens is 266 g/mol. The Morgan fingerprint density at radius 3 is 2.67 bits per heavy atom. The van der Waals surface area contributed by atoms with E-state index in [0.717, 1.165) is 38.5 Å². The molecule has 0 saturated heterocycles. The second kappa shape index (κ2) is 9.00. The van der Waals surface area contributed by atoms with Crippen molar-refractivity contribution in [3.63, 3.8) is 0 Å². The molecule has 3 aliphatic carbocycles. The minimum atomic E-state index is 0.0359. The summed E-state index contributed by atoms with van der Waals surface area (Å²) < 4.78 is 5.62. The summed E-state index contributed by atoms with van der Waals surface area (Å²) in [5.41, 5.74) is 1.26. The Morgan fingerprint density at radius 1 is 1.29 bits per heavy atom. The number of carbonyl (C=O) groups excluding carboxylic acids is 1. The average Bonchev–Trinajstić information content (AvgIpc) is 3.26. The lowest BCUT2D eigenvalue weighted by atomic mass is 9.98. The van der Waals surface area contributed by atoms with Crippen molar-refractivity contribution in [2.45, 2.75) is 69.6 Å².